The van der Waals surface area contributed by atoms with E-state index in [1.54, 1.807) is 13.2 Å². The van der Waals surface area contributed by atoms with Crippen molar-refractivity contribution in [1.29, 1.82) is 0 Å². The van der Waals surface area contributed by atoms with Gasteiger partial charge in [0.2, 0.25) is 0 Å². The molecule has 0 radical (unpaired) electrons. The molecule has 0 bridgehead atoms. The molecule has 1 heterocycles. The average molecular weight is 403 g/mol. The van der Waals surface area contributed by atoms with E-state index in [0.29, 0.717) is 16.4 Å². The van der Waals surface area contributed by atoms with E-state index < -0.39 is 0 Å². The first-order chi connectivity index (χ1) is 11.6. The van der Waals surface area contributed by atoms with Crippen molar-refractivity contribution in [2.24, 2.45) is 0 Å². The van der Waals surface area contributed by atoms with Gasteiger partial charge in [0.05, 0.1) is 18.4 Å². The number of nitrogens with one attached hydrogen (secondary N) is 1. The zero-order valence-corrected chi connectivity index (χ0v) is 15.6. The summed E-state index contributed by atoms with van der Waals surface area (Å²) < 4.78 is 6.19. The zero-order valence-electron chi connectivity index (χ0n) is 13.2. The fourth-order valence-corrected chi connectivity index (χ4v) is 3.69. The van der Waals surface area contributed by atoms with Crippen molar-refractivity contribution < 1.29 is 9.53 Å². The molecule has 6 heteroatoms. The molecule has 4 nitrogen and oxygen atoms in total. The van der Waals surface area contributed by atoms with Crippen LogP contribution in [0.3, 0.4) is 0 Å². The Bertz CT molecular complexity index is 878. The van der Waals surface area contributed by atoms with Crippen LogP contribution in [0.1, 0.15) is 15.9 Å². The SMILES string of the molecule is COc1c(C)cc(Br)cc1C(=O)Nc1nc(-c2ccccc2)cs1. The minimum atomic E-state index is -0.245. The van der Waals surface area contributed by atoms with E-state index in [9.17, 15) is 4.79 Å². The van der Waals surface area contributed by atoms with Gasteiger partial charge in [0.15, 0.2) is 5.13 Å². The van der Waals surface area contributed by atoms with Crippen molar-refractivity contribution in [3.63, 3.8) is 0 Å². The van der Waals surface area contributed by atoms with Gasteiger partial charge in [0, 0.05) is 15.4 Å². The van der Waals surface area contributed by atoms with Crippen LogP contribution in [-0.4, -0.2) is 18.0 Å². The highest BCUT2D eigenvalue weighted by Crippen LogP contribution is 2.30. The summed E-state index contributed by atoms with van der Waals surface area (Å²) in [5, 5.41) is 5.32. The van der Waals surface area contributed by atoms with Crippen molar-refractivity contribution in [2.45, 2.75) is 6.92 Å². The molecule has 3 rings (SSSR count). The van der Waals surface area contributed by atoms with Crippen molar-refractivity contribution in [1.82, 2.24) is 4.98 Å². The third-order valence-corrected chi connectivity index (χ3v) is 4.70. The maximum absolute atomic E-state index is 12.6. The predicted molar refractivity (Wildman–Crippen MR) is 101 cm³/mol. The summed E-state index contributed by atoms with van der Waals surface area (Å²) >= 11 is 4.81. The van der Waals surface area contributed by atoms with Gasteiger partial charge in [-0.3, -0.25) is 10.1 Å². The van der Waals surface area contributed by atoms with Crippen molar-refractivity contribution in [3.8, 4) is 17.0 Å². The normalized spacial score (nSPS) is 10.5. The summed E-state index contributed by atoms with van der Waals surface area (Å²) in [6, 6.07) is 13.5. The number of carbonyl (C=O) groups excluding carboxylic acids is 1. The van der Waals surface area contributed by atoms with Crippen LogP contribution in [0, 0.1) is 6.92 Å². The lowest BCUT2D eigenvalue weighted by Crippen LogP contribution is -2.13. The number of anilines is 1. The van der Waals surface area contributed by atoms with Gasteiger partial charge in [0.1, 0.15) is 5.75 Å². The number of halogens is 1. The molecule has 0 unspecified atom stereocenters. The maximum Gasteiger partial charge on any atom is 0.261 e. The van der Waals surface area contributed by atoms with Gasteiger partial charge in [-0.2, -0.15) is 0 Å². The molecule has 24 heavy (non-hydrogen) atoms. The Morgan fingerprint density at radius 2 is 2.00 bits per heavy atom. The summed E-state index contributed by atoms with van der Waals surface area (Å²) in [7, 11) is 1.56. The highest BCUT2D eigenvalue weighted by molar-refractivity contribution is 9.10. The minimum Gasteiger partial charge on any atom is -0.496 e. The fourth-order valence-electron chi connectivity index (χ4n) is 2.41. The molecule has 0 spiro atoms. The van der Waals surface area contributed by atoms with E-state index in [0.717, 1.165) is 21.3 Å². The molecule has 3 aromatic rings. The van der Waals surface area contributed by atoms with Crippen LogP contribution in [0.15, 0.2) is 52.3 Å². The first kappa shape index (κ1) is 16.7. The van der Waals surface area contributed by atoms with E-state index in [2.05, 4.69) is 26.2 Å². The van der Waals surface area contributed by atoms with Gasteiger partial charge < -0.3 is 4.74 Å². The number of aryl methyl sites for hydroxylation is 1. The fraction of sp³-hybridized carbons (Fsp3) is 0.111. The third kappa shape index (κ3) is 3.49. The molecule has 1 aromatic heterocycles. The van der Waals surface area contributed by atoms with Crippen LogP contribution in [0.5, 0.6) is 5.75 Å². The molecule has 0 saturated carbocycles. The molecule has 0 aliphatic carbocycles. The van der Waals surface area contributed by atoms with Crippen LogP contribution < -0.4 is 10.1 Å². The second-order valence-electron chi connectivity index (χ2n) is 5.16. The van der Waals surface area contributed by atoms with Crippen LogP contribution >= 0.6 is 27.3 Å². The monoisotopic (exact) mass is 402 g/mol. The highest BCUT2D eigenvalue weighted by atomic mass is 79.9. The minimum absolute atomic E-state index is 0.245. The number of hydrogen-bond acceptors (Lipinski definition) is 4. The molecular weight excluding hydrogens is 388 g/mol. The Kier molecular flexibility index (Phi) is 4.97. The Labute approximate surface area is 152 Å². The summed E-state index contributed by atoms with van der Waals surface area (Å²) in [6.45, 7) is 1.90. The van der Waals surface area contributed by atoms with Crippen molar-refractivity contribution in [2.75, 3.05) is 12.4 Å². The zero-order chi connectivity index (χ0) is 17.1. The molecule has 1 N–H and O–H groups in total. The van der Waals surface area contributed by atoms with E-state index in [1.165, 1.54) is 11.3 Å². The molecule has 2 aromatic carbocycles. The van der Waals surface area contributed by atoms with Crippen LogP contribution in [0.2, 0.25) is 0 Å². The number of methoxy groups -OCH3 is 1. The molecule has 0 aliphatic rings. The number of aromatic nitrogens is 1. The summed E-state index contributed by atoms with van der Waals surface area (Å²) in [5.41, 5.74) is 3.22. The lowest BCUT2D eigenvalue weighted by molar-refractivity contribution is 0.102. The van der Waals surface area contributed by atoms with Gasteiger partial charge in [0.25, 0.3) is 5.91 Å². The summed E-state index contributed by atoms with van der Waals surface area (Å²) in [5.74, 6) is 0.320. The Morgan fingerprint density at radius 3 is 2.71 bits per heavy atom. The summed E-state index contributed by atoms with van der Waals surface area (Å²) in [6.07, 6.45) is 0. The molecule has 122 valence electrons. The maximum atomic E-state index is 12.6. The lowest BCUT2D eigenvalue weighted by Gasteiger charge is -2.11. The van der Waals surface area contributed by atoms with Gasteiger partial charge >= 0.3 is 0 Å². The number of rotatable bonds is 4. The number of benzene rings is 2. The highest BCUT2D eigenvalue weighted by Gasteiger charge is 2.17. The largest absolute Gasteiger partial charge is 0.496 e. The second kappa shape index (κ2) is 7.15. The third-order valence-electron chi connectivity index (χ3n) is 3.48. The molecule has 0 atom stereocenters. The first-order valence-corrected chi connectivity index (χ1v) is 8.92. The Morgan fingerprint density at radius 1 is 1.25 bits per heavy atom. The van der Waals surface area contributed by atoms with Crippen molar-refractivity contribution in [3.05, 3.63) is 63.4 Å². The number of nitrogens with zero attached hydrogens (tertiary/aromatic N) is 1. The van der Waals surface area contributed by atoms with E-state index in [-0.39, 0.29) is 5.91 Å². The number of ether oxygens (including phenoxy) is 1. The lowest BCUT2D eigenvalue weighted by atomic mass is 10.1. The Hall–Kier alpha value is -2.18. The number of amides is 1. The second-order valence-corrected chi connectivity index (χ2v) is 6.94. The number of thiazole rings is 1. The van der Waals surface area contributed by atoms with E-state index in [4.69, 9.17) is 4.74 Å². The number of hydrogen-bond donors (Lipinski definition) is 1. The summed E-state index contributed by atoms with van der Waals surface area (Å²) in [4.78, 5) is 17.1. The Balaban J connectivity index is 1.85. The van der Waals surface area contributed by atoms with Crippen LogP contribution in [0.4, 0.5) is 5.13 Å². The first-order valence-electron chi connectivity index (χ1n) is 7.25. The van der Waals surface area contributed by atoms with E-state index >= 15 is 0 Å². The van der Waals surface area contributed by atoms with E-state index in [1.807, 2.05) is 48.7 Å². The molecular formula is C18H15BrN2O2S. The van der Waals surface area contributed by atoms with Gasteiger partial charge in [-0.1, -0.05) is 46.3 Å². The van der Waals surface area contributed by atoms with Gasteiger partial charge in [-0.15, -0.1) is 11.3 Å². The van der Waals surface area contributed by atoms with Crippen LogP contribution in [-0.2, 0) is 0 Å². The smallest absolute Gasteiger partial charge is 0.261 e. The predicted octanol–water partition coefficient (Wildman–Crippen LogP) is 5.14. The molecule has 1 amide bonds. The molecule has 0 fully saturated rings. The van der Waals surface area contributed by atoms with Crippen LogP contribution in [0.25, 0.3) is 11.3 Å². The number of carbonyl (C=O) groups is 1. The van der Waals surface area contributed by atoms with Gasteiger partial charge in [-0.05, 0) is 24.6 Å². The molecule has 0 aliphatic heterocycles. The topological polar surface area (TPSA) is 51.2 Å². The molecule has 0 saturated heterocycles. The average Bonchev–Trinajstić information content (AvgIpc) is 3.03. The van der Waals surface area contributed by atoms with Crippen molar-refractivity contribution >= 4 is 38.3 Å². The van der Waals surface area contributed by atoms with Gasteiger partial charge in [-0.25, -0.2) is 4.98 Å². The standard InChI is InChI=1S/C18H15BrN2O2S/c1-11-8-13(19)9-14(16(11)23-2)17(22)21-18-20-15(10-24-18)12-6-4-3-5-7-12/h3-10H,1-2H3,(H,20,21,22). The quantitative estimate of drug-likeness (QED) is 0.656.